The maximum absolute atomic E-state index is 11.3. The van der Waals surface area contributed by atoms with Crippen molar-refractivity contribution in [2.75, 3.05) is 19.8 Å². The standard InChI is InChI=1S/C21H42O2.C6H14O3/c1-3-5-6-7-8-9-10-11-12-13-14-15-16-17-18-19-21(22)23-20-4-2;1-5(8)4-9-6(2)3-7/h3-20H2,1-2H3;5-8H,3-4H2,1-2H3. The van der Waals surface area contributed by atoms with Crippen LogP contribution in [0.25, 0.3) is 0 Å². The highest BCUT2D eigenvalue weighted by atomic mass is 16.5. The molecule has 0 aliphatic heterocycles. The van der Waals surface area contributed by atoms with E-state index >= 15 is 0 Å². The van der Waals surface area contributed by atoms with Crippen molar-refractivity contribution < 1.29 is 24.5 Å². The van der Waals surface area contributed by atoms with Gasteiger partial charge < -0.3 is 19.7 Å². The fourth-order valence-corrected chi connectivity index (χ4v) is 3.28. The molecule has 2 N–H and O–H groups in total. The van der Waals surface area contributed by atoms with Gasteiger partial charge >= 0.3 is 5.97 Å². The maximum Gasteiger partial charge on any atom is 0.305 e. The van der Waals surface area contributed by atoms with Crippen LogP contribution in [0.1, 0.15) is 137 Å². The predicted octanol–water partition coefficient (Wildman–Crippen LogP) is 6.97. The predicted molar refractivity (Wildman–Crippen MR) is 135 cm³/mol. The molecule has 5 heteroatoms. The lowest BCUT2D eigenvalue weighted by Gasteiger charge is -2.10. The van der Waals surface area contributed by atoms with Gasteiger partial charge in [-0.15, -0.1) is 0 Å². The first-order chi connectivity index (χ1) is 15.5. The minimum atomic E-state index is -0.445. The van der Waals surface area contributed by atoms with Crippen molar-refractivity contribution in [3.8, 4) is 0 Å². The molecule has 32 heavy (non-hydrogen) atoms. The van der Waals surface area contributed by atoms with E-state index in [0.717, 1.165) is 12.8 Å². The second kappa shape index (κ2) is 28.4. The number of unbranched alkanes of at least 4 members (excludes halogenated alkanes) is 14. The maximum atomic E-state index is 11.3. The fourth-order valence-electron chi connectivity index (χ4n) is 3.28. The number of ether oxygens (including phenoxy) is 2. The molecule has 0 aromatic heterocycles. The molecular weight excluding hydrogens is 404 g/mol. The van der Waals surface area contributed by atoms with Crippen molar-refractivity contribution in [2.24, 2.45) is 0 Å². The zero-order valence-electron chi connectivity index (χ0n) is 21.9. The SMILES string of the molecule is CC(O)COC(C)CO.CCCCCCCCCCCCCCCCCC(=O)OCCC. The van der Waals surface area contributed by atoms with E-state index in [2.05, 4.69) is 6.92 Å². The second-order valence-corrected chi connectivity index (χ2v) is 9.10. The van der Waals surface area contributed by atoms with Gasteiger partial charge in [-0.25, -0.2) is 0 Å². The van der Waals surface area contributed by atoms with Gasteiger partial charge in [0.1, 0.15) is 0 Å². The van der Waals surface area contributed by atoms with Crippen LogP contribution in [0.5, 0.6) is 0 Å². The normalized spacial score (nSPS) is 12.7. The van der Waals surface area contributed by atoms with Crippen LogP contribution in [0.4, 0.5) is 0 Å². The van der Waals surface area contributed by atoms with Gasteiger partial charge in [-0.3, -0.25) is 4.79 Å². The third-order valence-electron chi connectivity index (χ3n) is 5.33. The van der Waals surface area contributed by atoms with Crippen molar-refractivity contribution >= 4 is 5.97 Å². The van der Waals surface area contributed by atoms with E-state index in [-0.39, 0.29) is 18.7 Å². The molecule has 194 valence electrons. The van der Waals surface area contributed by atoms with Gasteiger partial charge in [0.15, 0.2) is 0 Å². The lowest BCUT2D eigenvalue weighted by molar-refractivity contribution is -0.143. The average molecular weight is 461 g/mol. The minimum absolute atomic E-state index is 0.00667. The van der Waals surface area contributed by atoms with Crippen LogP contribution in [-0.4, -0.2) is 48.2 Å². The van der Waals surface area contributed by atoms with E-state index in [1.54, 1.807) is 13.8 Å². The lowest BCUT2D eigenvalue weighted by Crippen LogP contribution is -2.19. The van der Waals surface area contributed by atoms with Crippen molar-refractivity contribution in [1.82, 2.24) is 0 Å². The number of carbonyl (C=O) groups is 1. The summed E-state index contributed by atoms with van der Waals surface area (Å²) in [5.74, 6) is -0.0125. The summed E-state index contributed by atoms with van der Waals surface area (Å²) in [6.45, 7) is 8.58. The molecule has 0 amide bonds. The number of hydrogen-bond donors (Lipinski definition) is 2. The van der Waals surface area contributed by atoms with Gasteiger partial charge in [0, 0.05) is 6.42 Å². The molecule has 0 heterocycles. The third-order valence-corrected chi connectivity index (χ3v) is 5.33. The van der Waals surface area contributed by atoms with Gasteiger partial charge in [0.2, 0.25) is 0 Å². The molecule has 5 nitrogen and oxygen atoms in total. The number of carbonyl (C=O) groups excluding carboxylic acids is 1. The Labute approximate surface area is 199 Å². The molecule has 2 unspecified atom stereocenters. The second-order valence-electron chi connectivity index (χ2n) is 9.10. The highest BCUT2D eigenvalue weighted by Gasteiger charge is 2.02. The number of aliphatic hydroxyl groups is 2. The number of rotatable bonds is 22. The highest BCUT2D eigenvalue weighted by Crippen LogP contribution is 2.13. The van der Waals surface area contributed by atoms with Crippen LogP contribution >= 0.6 is 0 Å². The Morgan fingerprint density at radius 3 is 1.53 bits per heavy atom. The Balaban J connectivity index is 0. The summed E-state index contributed by atoms with van der Waals surface area (Å²) in [7, 11) is 0. The van der Waals surface area contributed by atoms with Crippen molar-refractivity contribution in [3.05, 3.63) is 0 Å². The van der Waals surface area contributed by atoms with Gasteiger partial charge in [0.05, 0.1) is 32.0 Å². The molecule has 0 fully saturated rings. The summed E-state index contributed by atoms with van der Waals surface area (Å²) in [5.41, 5.74) is 0. The van der Waals surface area contributed by atoms with E-state index in [0.29, 0.717) is 19.6 Å². The Morgan fingerprint density at radius 2 is 1.16 bits per heavy atom. The molecule has 0 spiro atoms. The first kappa shape index (κ1) is 33.5. The van der Waals surface area contributed by atoms with Crippen molar-refractivity contribution in [1.29, 1.82) is 0 Å². The molecule has 0 rings (SSSR count). The minimum Gasteiger partial charge on any atom is -0.466 e. The van der Waals surface area contributed by atoms with Crippen LogP contribution in [0.2, 0.25) is 0 Å². The average Bonchev–Trinajstić information content (AvgIpc) is 2.78. The number of hydrogen-bond acceptors (Lipinski definition) is 5. The summed E-state index contributed by atoms with van der Waals surface area (Å²) < 4.78 is 10.0. The number of aliphatic hydroxyl groups excluding tert-OH is 2. The quantitative estimate of drug-likeness (QED) is 0.135. The summed E-state index contributed by atoms with van der Waals surface area (Å²) in [5, 5.41) is 17.1. The zero-order chi connectivity index (χ0) is 24.3. The molecule has 0 bridgehead atoms. The Morgan fingerprint density at radius 1 is 0.719 bits per heavy atom. The van der Waals surface area contributed by atoms with E-state index in [1.165, 1.54) is 89.9 Å². The smallest absolute Gasteiger partial charge is 0.305 e. The molecule has 0 radical (unpaired) electrons. The molecule has 0 saturated carbocycles. The van der Waals surface area contributed by atoms with E-state index in [9.17, 15) is 4.79 Å². The monoisotopic (exact) mass is 460 g/mol. The summed E-state index contributed by atoms with van der Waals surface area (Å²) in [6.07, 6.45) is 21.3. The fraction of sp³-hybridized carbons (Fsp3) is 0.963. The van der Waals surface area contributed by atoms with Gasteiger partial charge in [-0.05, 0) is 26.7 Å². The third kappa shape index (κ3) is 31.5. The van der Waals surface area contributed by atoms with E-state index < -0.39 is 6.10 Å². The number of esters is 1. The first-order valence-electron chi connectivity index (χ1n) is 13.5. The van der Waals surface area contributed by atoms with Crippen LogP contribution in [-0.2, 0) is 14.3 Å². The molecule has 0 aliphatic rings. The van der Waals surface area contributed by atoms with Crippen LogP contribution in [0.15, 0.2) is 0 Å². The zero-order valence-corrected chi connectivity index (χ0v) is 21.9. The van der Waals surface area contributed by atoms with Crippen LogP contribution < -0.4 is 0 Å². The largest absolute Gasteiger partial charge is 0.466 e. The Kier molecular flexibility index (Phi) is 29.7. The van der Waals surface area contributed by atoms with Crippen LogP contribution in [0, 0.1) is 0 Å². The molecule has 0 aromatic rings. The molecule has 0 aliphatic carbocycles. The summed E-state index contributed by atoms with van der Waals surface area (Å²) in [6, 6.07) is 0. The Hall–Kier alpha value is -0.650. The molecule has 2 atom stereocenters. The Bertz CT molecular complexity index is 360. The molecule has 0 aromatic carbocycles. The topological polar surface area (TPSA) is 76.0 Å². The summed E-state index contributed by atoms with van der Waals surface area (Å²) >= 11 is 0. The highest BCUT2D eigenvalue weighted by molar-refractivity contribution is 5.69. The van der Waals surface area contributed by atoms with Gasteiger partial charge in [-0.2, -0.15) is 0 Å². The summed E-state index contributed by atoms with van der Waals surface area (Å²) in [4.78, 5) is 11.3. The molecule has 0 saturated heterocycles. The van der Waals surface area contributed by atoms with Gasteiger partial charge in [-0.1, -0.05) is 104 Å². The van der Waals surface area contributed by atoms with Crippen LogP contribution in [0.3, 0.4) is 0 Å². The molecular formula is C27H56O5. The van der Waals surface area contributed by atoms with E-state index in [1.807, 2.05) is 6.92 Å². The lowest BCUT2D eigenvalue weighted by atomic mass is 10.0. The van der Waals surface area contributed by atoms with Crippen molar-refractivity contribution in [2.45, 2.75) is 149 Å². The van der Waals surface area contributed by atoms with Crippen molar-refractivity contribution in [3.63, 3.8) is 0 Å². The first-order valence-corrected chi connectivity index (χ1v) is 13.5. The van der Waals surface area contributed by atoms with Gasteiger partial charge in [0.25, 0.3) is 0 Å². The van der Waals surface area contributed by atoms with E-state index in [4.69, 9.17) is 19.7 Å².